The van der Waals surface area contributed by atoms with E-state index in [0.717, 1.165) is 0 Å². The normalized spacial score (nSPS) is 10.6. The van der Waals surface area contributed by atoms with Crippen LogP contribution in [0.1, 0.15) is 26.4 Å². The fraction of sp³-hybridized carbons (Fsp3) is 0.148. The second-order valence-electron chi connectivity index (χ2n) is 7.58. The number of Topliss-reactive ketones (excluding diaryl/α,β-unsaturated/α-hetero) is 1. The van der Waals surface area contributed by atoms with Crippen LogP contribution in [0, 0.1) is 18.2 Å². The summed E-state index contributed by atoms with van der Waals surface area (Å²) in [7, 11) is 1.43. The molecule has 7 nitrogen and oxygen atoms in total. The molecule has 0 aliphatic heterocycles. The van der Waals surface area contributed by atoms with Crippen molar-refractivity contribution in [1.29, 1.82) is 0 Å². The average Bonchev–Trinajstić information content (AvgIpc) is 3.35. The van der Waals surface area contributed by atoms with Crippen LogP contribution in [-0.4, -0.2) is 48.6 Å². The molecule has 0 saturated carbocycles. The van der Waals surface area contributed by atoms with Crippen LogP contribution >= 0.6 is 11.3 Å². The van der Waals surface area contributed by atoms with Crippen molar-refractivity contribution in [3.05, 3.63) is 76.5 Å². The number of thiophene rings is 1. The fourth-order valence-electron chi connectivity index (χ4n) is 3.55. The Bertz CT molecular complexity index is 1490. The van der Waals surface area contributed by atoms with E-state index in [1.54, 1.807) is 29.6 Å². The molecule has 2 heterocycles. The number of terminal acetylenes is 1. The number of halogens is 1. The maximum Gasteiger partial charge on any atom is 0.251 e. The van der Waals surface area contributed by atoms with E-state index in [4.69, 9.17) is 21.0 Å². The number of amides is 1. The number of nitrogens with one attached hydrogen (secondary N) is 1. The van der Waals surface area contributed by atoms with Gasteiger partial charge in [0.15, 0.2) is 17.3 Å². The zero-order chi connectivity index (χ0) is 25.7. The fourth-order valence-corrected chi connectivity index (χ4v) is 4.52. The Morgan fingerprint density at radius 2 is 2.03 bits per heavy atom. The van der Waals surface area contributed by atoms with E-state index in [1.165, 1.54) is 42.7 Å². The van der Waals surface area contributed by atoms with E-state index in [0.29, 0.717) is 38.4 Å². The van der Waals surface area contributed by atoms with Gasteiger partial charge in [0.25, 0.3) is 5.91 Å². The third kappa shape index (κ3) is 5.20. The molecule has 0 spiro atoms. The molecule has 36 heavy (non-hydrogen) atoms. The number of aliphatic hydroxyl groups is 1. The lowest BCUT2D eigenvalue weighted by molar-refractivity contribution is 0.0902. The smallest absolute Gasteiger partial charge is 0.251 e. The first-order chi connectivity index (χ1) is 17.4. The van der Waals surface area contributed by atoms with Gasteiger partial charge in [-0.25, -0.2) is 9.37 Å². The van der Waals surface area contributed by atoms with Crippen LogP contribution < -0.4 is 14.8 Å². The van der Waals surface area contributed by atoms with Gasteiger partial charge in [0, 0.05) is 27.5 Å². The van der Waals surface area contributed by atoms with E-state index in [2.05, 4.69) is 16.2 Å². The molecule has 4 aromatic rings. The lowest BCUT2D eigenvalue weighted by atomic mass is 10.1. The number of carbonyl (C=O) groups excluding carboxylic acids is 2. The SMILES string of the molecule is C#Cc1cc(C(=O)CNC(=O)c2ccc(OCCO)c(OC)c2)nc(-c2csc3c(F)cccc23)c1. The first kappa shape index (κ1) is 24.9. The summed E-state index contributed by atoms with van der Waals surface area (Å²) in [5.41, 5.74) is 1.89. The van der Waals surface area contributed by atoms with E-state index in [-0.39, 0.29) is 36.8 Å². The molecule has 4 rings (SSSR count). The quantitative estimate of drug-likeness (QED) is 0.263. The predicted molar refractivity (Wildman–Crippen MR) is 135 cm³/mol. The molecule has 9 heteroatoms. The number of aromatic nitrogens is 1. The van der Waals surface area contributed by atoms with Crippen LogP contribution in [0.3, 0.4) is 0 Å². The minimum absolute atomic E-state index is 0.0816. The molecule has 2 aromatic carbocycles. The number of nitrogens with zero attached hydrogens (tertiary/aromatic N) is 1. The molecule has 0 radical (unpaired) electrons. The molecule has 0 aliphatic carbocycles. The number of carbonyl (C=O) groups is 2. The van der Waals surface area contributed by atoms with Crippen LogP contribution in [0.25, 0.3) is 21.3 Å². The molecule has 2 N–H and O–H groups in total. The molecule has 182 valence electrons. The summed E-state index contributed by atoms with van der Waals surface area (Å²) in [5, 5.41) is 13.9. The maximum absolute atomic E-state index is 14.1. The Balaban J connectivity index is 1.53. The van der Waals surface area contributed by atoms with Crippen molar-refractivity contribution in [2.24, 2.45) is 0 Å². The van der Waals surface area contributed by atoms with Gasteiger partial charge in [0.1, 0.15) is 18.1 Å². The van der Waals surface area contributed by atoms with Crippen molar-refractivity contribution in [1.82, 2.24) is 10.3 Å². The van der Waals surface area contributed by atoms with E-state index < -0.39 is 11.7 Å². The van der Waals surface area contributed by atoms with E-state index in [9.17, 15) is 14.0 Å². The lowest BCUT2D eigenvalue weighted by Gasteiger charge is -2.11. The van der Waals surface area contributed by atoms with Gasteiger partial charge >= 0.3 is 0 Å². The van der Waals surface area contributed by atoms with Crippen LogP contribution in [0.5, 0.6) is 11.5 Å². The molecule has 0 atom stereocenters. The zero-order valence-electron chi connectivity index (χ0n) is 19.2. The number of hydrogen-bond acceptors (Lipinski definition) is 7. The molecule has 1 amide bonds. The Labute approximate surface area is 210 Å². The van der Waals surface area contributed by atoms with Crippen LogP contribution in [-0.2, 0) is 0 Å². The largest absolute Gasteiger partial charge is 0.493 e. The summed E-state index contributed by atoms with van der Waals surface area (Å²) >= 11 is 1.24. The summed E-state index contributed by atoms with van der Waals surface area (Å²) in [6.07, 6.45) is 5.59. The third-order valence-corrected chi connectivity index (χ3v) is 6.29. The van der Waals surface area contributed by atoms with Gasteiger partial charge in [-0.2, -0.15) is 0 Å². The van der Waals surface area contributed by atoms with Crippen molar-refractivity contribution in [2.75, 3.05) is 26.9 Å². The molecule has 0 aliphatic rings. The molecular weight excluding hydrogens is 483 g/mol. The van der Waals surface area contributed by atoms with Gasteiger partial charge in [-0.05, 0) is 36.4 Å². The number of fused-ring (bicyclic) bond motifs is 1. The first-order valence-electron chi connectivity index (χ1n) is 10.8. The topological polar surface area (TPSA) is 97.8 Å². The Morgan fingerprint density at radius 1 is 1.19 bits per heavy atom. The number of benzene rings is 2. The number of methoxy groups -OCH3 is 1. The number of pyridine rings is 1. The molecule has 2 aromatic heterocycles. The summed E-state index contributed by atoms with van der Waals surface area (Å²) in [6, 6.07) is 12.5. The van der Waals surface area contributed by atoms with E-state index >= 15 is 0 Å². The van der Waals surface area contributed by atoms with Crippen LogP contribution in [0.15, 0.2) is 53.9 Å². The van der Waals surface area contributed by atoms with Crippen LogP contribution in [0.2, 0.25) is 0 Å². The Hall–Kier alpha value is -4.26. The highest BCUT2D eigenvalue weighted by molar-refractivity contribution is 7.17. The Morgan fingerprint density at radius 3 is 2.78 bits per heavy atom. The molecule has 0 unspecified atom stereocenters. The molecule has 0 bridgehead atoms. The van der Waals surface area contributed by atoms with Crippen molar-refractivity contribution in [3.63, 3.8) is 0 Å². The summed E-state index contributed by atoms with van der Waals surface area (Å²) in [6.45, 7) is -0.398. The van der Waals surface area contributed by atoms with Gasteiger partial charge in [-0.3, -0.25) is 9.59 Å². The molecule has 0 saturated heterocycles. The van der Waals surface area contributed by atoms with Crippen molar-refractivity contribution < 1.29 is 28.6 Å². The lowest BCUT2D eigenvalue weighted by Crippen LogP contribution is -2.30. The predicted octanol–water partition coefficient (Wildman–Crippen LogP) is 4.08. The van der Waals surface area contributed by atoms with Crippen molar-refractivity contribution >= 4 is 33.1 Å². The number of rotatable bonds is 9. The summed E-state index contributed by atoms with van der Waals surface area (Å²) in [4.78, 5) is 30.0. The molecular formula is C27H21FN2O5S. The van der Waals surface area contributed by atoms with E-state index in [1.807, 2.05) is 0 Å². The summed E-state index contributed by atoms with van der Waals surface area (Å²) in [5.74, 6) is 1.94. The minimum Gasteiger partial charge on any atom is -0.493 e. The highest BCUT2D eigenvalue weighted by Gasteiger charge is 2.17. The monoisotopic (exact) mass is 504 g/mol. The van der Waals surface area contributed by atoms with Crippen molar-refractivity contribution in [3.8, 4) is 35.1 Å². The standard InChI is InChI=1S/C27H21FN2O5S/c1-3-16-11-21(19-15-36-26-18(19)5-4-6-20(26)28)30-22(12-16)23(32)14-29-27(33)17-7-8-24(35-10-9-31)25(13-17)34-2/h1,4-8,11-13,15,31H,9-10,14H2,2H3,(H,29,33). The highest BCUT2D eigenvalue weighted by atomic mass is 32.1. The zero-order valence-corrected chi connectivity index (χ0v) is 20.0. The Kier molecular flexibility index (Phi) is 7.59. The minimum atomic E-state index is -0.497. The van der Waals surface area contributed by atoms with Gasteiger partial charge in [-0.1, -0.05) is 18.1 Å². The molecule has 0 fully saturated rings. The van der Waals surface area contributed by atoms with Crippen LogP contribution in [0.4, 0.5) is 4.39 Å². The highest BCUT2D eigenvalue weighted by Crippen LogP contribution is 2.35. The van der Waals surface area contributed by atoms with Gasteiger partial charge in [0.2, 0.25) is 0 Å². The van der Waals surface area contributed by atoms with Gasteiger partial charge < -0.3 is 19.9 Å². The average molecular weight is 505 g/mol. The number of ketones is 1. The third-order valence-electron chi connectivity index (χ3n) is 5.29. The number of ether oxygens (including phenoxy) is 2. The van der Waals surface area contributed by atoms with Gasteiger partial charge in [0.05, 0.1) is 30.7 Å². The van der Waals surface area contributed by atoms with Crippen molar-refractivity contribution in [2.45, 2.75) is 0 Å². The second-order valence-corrected chi connectivity index (χ2v) is 8.46. The van der Waals surface area contributed by atoms with Gasteiger partial charge in [-0.15, -0.1) is 17.8 Å². The number of aliphatic hydroxyl groups excluding tert-OH is 1. The summed E-state index contributed by atoms with van der Waals surface area (Å²) < 4.78 is 25.2. The number of hydrogen-bond donors (Lipinski definition) is 2. The second kappa shape index (κ2) is 11.0. The first-order valence-corrected chi connectivity index (χ1v) is 11.7. The maximum atomic E-state index is 14.1.